The van der Waals surface area contributed by atoms with Crippen molar-refractivity contribution in [3.05, 3.63) is 71.9 Å². The minimum Gasteiger partial charge on any atom is -0.439 e. The quantitative estimate of drug-likeness (QED) is 0.665. The molecule has 0 bridgehead atoms. The fraction of sp³-hybridized carbons (Fsp3) is 0.158. The number of rotatable bonds is 5. The van der Waals surface area contributed by atoms with Crippen LogP contribution >= 0.6 is 0 Å². The molecular formula is C19H18FN3O3S. The van der Waals surface area contributed by atoms with Gasteiger partial charge in [0.15, 0.2) is 0 Å². The van der Waals surface area contributed by atoms with E-state index in [9.17, 15) is 12.8 Å². The van der Waals surface area contributed by atoms with Crippen LogP contribution in [0.4, 0.5) is 10.1 Å². The number of nitrogens with zero attached hydrogens (tertiary/aromatic N) is 3. The van der Waals surface area contributed by atoms with E-state index in [2.05, 4.69) is 9.97 Å². The summed E-state index contributed by atoms with van der Waals surface area (Å²) in [5.41, 5.74) is 1.16. The van der Waals surface area contributed by atoms with Crippen LogP contribution in [0.2, 0.25) is 0 Å². The van der Waals surface area contributed by atoms with Crippen LogP contribution in [-0.4, -0.2) is 25.4 Å². The van der Waals surface area contributed by atoms with Gasteiger partial charge in [0.25, 0.3) is 10.0 Å². The molecule has 2 aromatic carbocycles. The van der Waals surface area contributed by atoms with Crippen molar-refractivity contribution in [2.24, 2.45) is 0 Å². The number of sulfonamides is 1. The molecule has 27 heavy (non-hydrogen) atoms. The number of hydrogen-bond acceptors (Lipinski definition) is 5. The highest BCUT2D eigenvalue weighted by atomic mass is 32.2. The molecule has 0 aliphatic heterocycles. The summed E-state index contributed by atoms with van der Waals surface area (Å²) in [6.07, 6.45) is 0. The van der Waals surface area contributed by atoms with Gasteiger partial charge in [0, 0.05) is 18.8 Å². The molecule has 0 atom stereocenters. The van der Waals surface area contributed by atoms with Crippen molar-refractivity contribution in [2.45, 2.75) is 18.7 Å². The fourth-order valence-electron chi connectivity index (χ4n) is 2.52. The Labute approximate surface area is 157 Å². The van der Waals surface area contributed by atoms with E-state index in [-0.39, 0.29) is 4.90 Å². The number of aromatic nitrogens is 2. The molecule has 3 aromatic rings. The summed E-state index contributed by atoms with van der Waals surface area (Å²) >= 11 is 0. The molecule has 0 aliphatic rings. The van der Waals surface area contributed by atoms with Crippen LogP contribution < -0.4 is 9.04 Å². The van der Waals surface area contributed by atoms with Crippen LogP contribution in [0.5, 0.6) is 11.6 Å². The van der Waals surface area contributed by atoms with Crippen molar-refractivity contribution in [1.29, 1.82) is 0 Å². The molecule has 140 valence electrons. The highest BCUT2D eigenvalue weighted by Gasteiger charge is 2.24. The molecule has 0 amide bonds. The molecular weight excluding hydrogens is 369 g/mol. The summed E-state index contributed by atoms with van der Waals surface area (Å²) in [5.74, 6) is 0.698. The van der Waals surface area contributed by atoms with E-state index in [1.807, 2.05) is 6.92 Å². The summed E-state index contributed by atoms with van der Waals surface area (Å²) in [6, 6.07) is 13.4. The zero-order valence-electron chi connectivity index (χ0n) is 15.0. The van der Waals surface area contributed by atoms with Crippen molar-refractivity contribution in [1.82, 2.24) is 9.97 Å². The lowest BCUT2D eigenvalue weighted by Crippen LogP contribution is -2.27. The van der Waals surface area contributed by atoms with Crippen LogP contribution in [0.25, 0.3) is 0 Å². The van der Waals surface area contributed by atoms with Crippen molar-refractivity contribution in [3.8, 4) is 11.6 Å². The van der Waals surface area contributed by atoms with Crippen LogP contribution in [-0.2, 0) is 10.0 Å². The van der Waals surface area contributed by atoms with Gasteiger partial charge in [-0.05, 0) is 50.2 Å². The summed E-state index contributed by atoms with van der Waals surface area (Å²) in [7, 11) is -2.64. The van der Waals surface area contributed by atoms with Gasteiger partial charge in [-0.1, -0.05) is 12.1 Å². The third-order valence-electron chi connectivity index (χ3n) is 3.84. The average Bonchev–Trinajstić information content (AvgIpc) is 2.61. The average molecular weight is 387 g/mol. The lowest BCUT2D eigenvalue weighted by atomic mass is 10.3. The van der Waals surface area contributed by atoms with Gasteiger partial charge in [-0.2, -0.15) is 4.98 Å². The Morgan fingerprint density at radius 1 is 1.00 bits per heavy atom. The molecule has 0 saturated heterocycles. The molecule has 0 aliphatic carbocycles. The minimum atomic E-state index is -4.01. The van der Waals surface area contributed by atoms with Gasteiger partial charge < -0.3 is 4.74 Å². The van der Waals surface area contributed by atoms with Crippen LogP contribution in [0, 0.1) is 19.7 Å². The van der Waals surface area contributed by atoms with E-state index in [4.69, 9.17) is 4.74 Å². The number of hydrogen-bond donors (Lipinski definition) is 0. The molecule has 3 rings (SSSR count). The summed E-state index contributed by atoms with van der Waals surface area (Å²) in [6.45, 7) is 3.61. The number of halogens is 1. The van der Waals surface area contributed by atoms with E-state index in [0.29, 0.717) is 23.1 Å². The van der Waals surface area contributed by atoms with Crippen molar-refractivity contribution < 1.29 is 17.5 Å². The lowest BCUT2D eigenvalue weighted by molar-refractivity contribution is 0.459. The van der Waals surface area contributed by atoms with E-state index >= 15 is 0 Å². The van der Waals surface area contributed by atoms with Gasteiger partial charge >= 0.3 is 0 Å². The topological polar surface area (TPSA) is 72.4 Å². The van der Waals surface area contributed by atoms with Crippen molar-refractivity contribution in [3.63, 3.8) is 0 Å². The second-order valence-corrected chi connectivity index (χ2v) is 7.83. The largest absolute Gasteiger partial charge is 0.439 e. The van der Waals surface area contributed by atoms with E-state index in [0.717, 1.165) is 16.1 Å². The predicted octanol–water partition coefficient (Wildman–Crippen LogP) is 3.85. The van der Waals surface area contributed by atoms with Gasteiger partial charge in [-0.3, -0.25) is 4.31 Å². The Kier molecular flexibility index (Phi) is 5.09. The summed E-state index contributed by atoms with van der Waals surface area (Å²) in [5, 5.41) is 0. The Morgan fingerprint density at radius 3 is 2.30 bits per heavy atom. The Hall–Kier alpha value is -3.00. The highest BCUT2D eigenvalue weighted by Crippen LogP contribution is 2.27. The molecule has 0 radical (unpaired) electrons. The SMILES string of the molecule is Cc1cc(Oc2ccc(N(C)S(=O)(=O)c3ccccc3F)cc2)nc(C)n1. The minimum absolute atomic E-state index is 0.375. The fourth-order valence-corrected chi connectivity index (χ4v) is 3.78. The Balaban J connectivity index is 1.83. The first-order chi connectivity index (χ1) is 12.8. The monoisotopic (exact) mass is 387 g/mol. The third-order valence-corrected chi connectivity index (χ3v) is 5.66. The summed E-state index contributed by atoms with van der Waals surface area (Å²) < 4.78 is 45.9. The molecule has 1 aromatic heterocycles. The first kappa shape index (κ1) is 18.8. The third kappa shape index (κ3) is 4.06. The standard InChI is InChI=1S/C19H18FN3O3S/c1-13-12-19(22-14(2)21-13)26-16-10-8-15(9-11-16)23(3)27(24,25)18-7-5-4-6-17(18)20/h4-12H,1-3H3. The lowest BCUT2D eigenvalue weighted by Gasteiger charge is -2.20. The zero-order chi connectivity index (χ0) is 19.6. The van der Waals surface area contributed by atoms with Gasteiger partial charge in [0.1, 0.15) is 22.3 Å². The van der Waals surface area contributed by atoms with Gasteiger partial charge in [0.05, 0.1) is 5.69 Å². The molecule has 1 heterocycles. The predicted molar refractivity (Wildman–Crippen MR) is 100 cm³/mol. The van der Waals surface area contributed by atoms with E-state index in [1.165, 1.54) is 25.2 Å². The molecule has 6 nitrogen and oxygen atoms in total. The number of benzene rings is 2. The smallest absolute Gasteiger partial charge is 0.266 e. The van der Waals surface area contributed by atoms with Crippen LogP contribution in [0.1, 0.15) is 11.5 Å². The molecule has 0 fully saturated rings. The van der Waals surface area contributed by atoms with Gasteiger partial charge in [-0.15, -0.1) is 0 Å². The second-order valence-electron chi connectivity index (χ2n) is 5.89. The number of aryl methyl sites for hydroxylation is 2. The zero-order valence-corrected chi connectivity index (χ0v) is 15.9. The maximum atomic E-state index is 13.9. The first-order valence-electron chi connectivity index (χ1n) is 8.11. The molecule has 0 spiro atoms. The van der Waals surface area contributed by atoms with E-state index in [1.54, 1.807) is 37.3 Å². The Morgan fingerprint density at radius 2 is 1.67 bits per heavy atom. The first-order valence-corrected chi connectivity index (χ1v) is 9.55. The Bertz CT molecular complexity index is 1050. The molecule has 8 heteroatoms. The molecule has 0 saturated carbocycles. The van der Waals surface area contributed by atoms with Crippen molar-refractivity contribution in [2.75, 3.05) is 11.4 Å². The molecule has 0 unspecified atom stereocenters. The summed E-state index contributed by atoms with van der Waals surface area (Å²) in [4.78, 5) is 8.00. The maximum absolute atomic E-state index is 13.9. The van der Waals surface area contributed by atoms with Crippen LogP contribution in [0.15, 0.2) is 59.5 Å². The molecule has 0 N–H and O–H groups in total. The van der Waals surface area contributed by atoms with Gasteiger partial charge in [-0.25, -0.2) is 17.8 Å². The maximum Gasteiger partial charge on any atom is 0.266 e. The highest BCUT2D eigenvalue weighted by molar-refractivity contribution is 7.92. The van der Waals surface area contributed by atoms with E-state index < -0.39 is 15.8 Å². The van der Waals surface area contributed by atoms with Crippen molar-refractivity contribution >= 4 is 15.7 Å². The normalized spacial score (nSPS) is 11.3. The number of ether oxygens (including phenoxy) is 1. The van der Waals surface area contributed by atoms with Crippen LogP contribution in [0.3, 0.4) is 0 Å². The number of anilines is 1. The van der Waals surface area contributed by atoms with Gasteiger partial charge in [0.2, 0.25) is 5.88 Å². The second kappa shape index (κ2) is 7.32.